The zero-order valence-corrected chi connectivity index (χ0v) is 14.9. The predicted molar refractivity (Wildman–Crippen MR) is 91.2 cm³/mol. The zero-order chi connectivity index (χ0) is 18.4. The van der Waals surface area contributed by atoms with E-state index in [-0.39, 0.29) is 11.5 Å². The average molecular weight is 347 g/mol. The Labute approximate surface area is 145 Å². The number of nitrogens with zero attached hydrogens (tertiary/aromatic N) is 3. The summed E-state index contributed by atoms with van der Waals surface area (Å²) in [6.07, 6.45) is 2.73. The van der Waals surface area contributed by atoms with Gasteiger partial charge in [-0.1, -0.05) is 11.3 Å². The molecule has 0 atom stereocenters. The van der Waals surface area contributed by atoms with Gasteiger partial charge >= 0.3 is 7.12 Å². The molecular formula is C17H20BF2N3O2. The number of halogens is 2. The standard InChI is InChI=1S/C17H20BF2N3O2/c1-11-13(19)7-6-8-14(11)23-10-12(21-22-23)9-15(20)18-24-16(2,3)17(4,5)25-18/h6-10H,1-5H3. The summed E-state index contributed by atoms with van der Waals surface area (Å²) in [4.78, 5) is 0. The molecule has 0 unspecified atom stereocenters. The van der Waals surface area contributed by atoms with Crippen LogP contribution < -0.4 is 0 Å². The summed E-state index contributed by atoms with van der Waals surface area (Å²) in [6.45, 7) is 9.05. The van der Waals surface area contributed by atoms with Crippen LogP contribution in [0.4, 0.5) is 8.78 Å². The van der Waals surface area contributed by atoms with Crippen molar-refractivity contribution < 1.29 is 18.1 Å². The number of benzene rings is 1. The van der Waals surface area contributed by atoms with E-state index in [1.54, 1.807) is 19.1 Å². The van der Waals surface area contributed by atoms with Crippen LogP contribution in [0.3, 0.4) is 0 Å². The Morgan fingerprint density at radius 2 is 1.84 bits per heavy atom. The molecule has 3 rings (SSSR count). The molecule has 2 aromatic rings. The fraction of sp³-hybridized carbons (Fsp3) is 0.412. The molecule has 1 aliphatic heterocycles. The second-order valence-electron chi connectivity index (χ2n) is 7.09. The molecule has 0 radical (unpaired) electrons. The summed E-state index contributed by atoms with van der Waals surface area (Å²) in [7, 11) is -1.09. The van der Waals surface area contributed by atoms with E-state index in [1.807, 2.05) is 27.7 Å². The van der Waals surface area contributed by atoms with Crippen LogP contribution >= 0.6 is 0 Å². The fourth-order valence-corrected chi connectivity index (χ4v) is 2.47. The molecule has 8 heteroatoms. The number of aromatic nitrogens is 3. The molecule has 1 aromatic heterocycles. The van der Waals surface area contributed by atoms with E-state index >= 15 is 0 Å². The number of hydrogen-bond acceptors (Lipinski definition) is 4. The second-order valence-corrected chi connectivity index (χ2v) is 7.09. The van der Waals surface area contributed by atoms with Crippen molar-refractivity contribution in [3.8, 4) is 5.69 Å². The molecule has 132 valence electrons. The molecule has 1 fully saturated rings. The smallest absolute Gasteiger partial charge is 0.398 e. The van der Waals surface area contributed by atoms with Crippen molar-refractivity contribution in [2.45, 2.75) is 45.8 Å². The zero-order valence-electron chi connectivity index (χ0n) is 14.9. The van der Waals surface area contributed by atoms with Crippen LogP contribution in [-0.2, 0) is 9.31 Å². The SMILES string of the molecule is Cc1c(F)cccc1-n1cc(C=C(F)B2OC(C)(C)C(C)(C)O2)nn1. The molecule has 2 heterocycles. The lowest BCUT2D eigenvalue weighted by molar-refractivity contribution is 0.00578. The minimum absolute atomic E-state index is 0.288. The third-order valence-electron chi connectivity index (χ3n) is 4.76. The third kappa shape index (κ3) is 3.24. The van der Waals surface area contributed by atoms with E-state index in [9.17, 15) is 8.78 Å². The van der Waals surface area contributed by atoms with Gasteiger partial charge in [0.25, 0.3) is 0 Å². The first-order chi connectivity index (χ1) is 11.6. The van der Waals surface area contributed by atoms with Crippen LogP contribution in [0.15, 0.2) is 30.1 Å². The molecule has 5 nitrogen and oxygen atoms in total. The number of hydrogen-bond donors (Lipinski definition) is 0. The molecule has 0 saturated carbocycles. The Bertz CT molecular complexity index is 817. The molecule has 0 N–H and O–H groups in total. The van der Waals surface area contributed by atoms with E-state index in [1.165, 1.54) is 23.0 Å². The van der Waals surface area contributed by atoms with E-state index in [0.717, 1.165) is 0 Å². The molecule has 1 saturated heterocycles. The minimum Gasteiger partial charge on any atom is -0.398 e. The van der Waals surface area contributed by atoms with Crippen molar-refractivity contribution in [2.24, 2.45) is 0 Å². The van der Waals surface area contributed by atoms with Gasteiger partial charge in [0, 0.05) is 5.56 Å². The first-order valence-corrected chi connectivity index (χ1v) is 8.01. The lowest BCUT2D eigenvalue weighted by Gasteiger charge is -2.32. The summed E-state index contributed by atoms with van der Waals surface area (Å²) in [5.41, 5.74) is -0.576. The fourth-order valence-electron chi connectivity index (χ4n) is 2.47. The van der Waals surface area contributed by atoms with Gasteiger partial charge in [0.05, 0.1) is 23.1 Å². The van der Waals surface area contributed by atoms with Gasteiger partial charge < -0.3 is 9.31 Å². The first-order valence-electron chi connectivity index (χ1n) is 8.01. The van der Waals surface area contributed by atoms with Gasteiger partial charge in [0.1, 0.15) is 17.2 Å². The summed E-state index contributed by atoms with van der Waals surface area (Å²) in [6, 6.07) is 4.67. The molecule has 0 bridgehead atoms. The van der Waals surface area contributed by atoms with Gasteiger partial charge in [-0.25, -0.2) is 13.5 Å². The van der Waals surface area contributed by atoms with Crippen LogP contribution in [0.5, 0.6) is 0 Å². The monoisotopic (exact) mass is 347 g/mol. The van der Waals surface area contributed by atoms with Gasteiger partial charge in [-0.3, -0.25) is 0 Å². The Kier molecular flexibility index (Phi) is 4.29. The van der Waals surface area contributed by atoms with Crippen LogP contribution in [-0.4, -0.2) is 33.3 Å². The Balaban J connectivity index is 1.84. The van der Waals surface area contributed by atoms with Gasteiger partial charge in [-0.2, -0.15) is 0 Å². The largest absolute Gasteiger partial charge is 0.525 e. The van der Waals surface area contributed by atoms with Crippen molar-refractivity contribution in [1.29, 1.82) is 0 Å². The summed E-state index contributed by atoms with van der Waals surface area (Å²) in [5, 5.41) is 7.84. The number of rotatable bonds is 3. The van der Waals surface area contributed by atoms with Crippen LogP contribution in [0.25, 0.3) is 11.8 Å². The second kappa shape index (κ2) is 6.03. The average Bonchev–Trinajstić information content (AvgIpc) is 3.04. The molecule has 1 aliphatic rings. The van der Waals surface area contributed by atoms with Crippen LogP contribution in [0, 0.1) is 12.7 Å². The molecule has 1 aromatic carbocycles. The predicted octanol–water partition coefficient (Wildman–Crippen LogP) is 3.66. The normalized spacial score (nSPS) is 19.5. The molecule has 0 aliphatic carbocycles. The van der Waals surface area contributed by atoms with Crippen molar-refractivity contribution in [1.82, 2.24) is 15.0 Å². The third-order valence-corrected chi connectivity index (χ3v) is 4.76. The summed E-state index contributed by atoms with van der Waals surface area (Å²) >= 11 is 0. The molecule has 25 heavy (non-hydrogen) atoms. The summed E-state index contributed by atoms with van der Waals surface area (Å²) in [5.74, 6) is -0.339. The van der Waals surface area contributed by atoms with Gasteiger partial charge in [-0.05, 0) is 52.8 Å². The lowest BCUT2D eigenvalue weighted by atomic mass is 9.87. The van der Waals surface area contributed by atoms with Crippen LogP contribution in [0.2, 0.25) is 0 Å². The molecule has 0 amide bonds. The topological polar surface area (TPSA) is 49.2 Å². The van der Waals surface area contributed by atoms with Crippen molar-refractivity contribution >= 4 is 13.2 Å². The van der Waals surface area contributed by atoms with E-state index < -0.39 is 24.0 Å². The highest BCUT2D eigenvalue weighted by Gasteiger charge is 2.53. The van der Waals surface area contributed by atoms with Gasteiger partial charge in [0.15, 0.2) is 0 Å². The molecule has 0 spiro atoms. The van der Waals surface area contributed by atoms with Crippen molar-refractivity contribution in [3.63, 3.8) is 0 Å². The highest BCUT2D eigenvalue weighted by Crippen LogP contribution is 2.39. The van der Waals surface area contributed by atoms with Crippen molar-refractivity contribution in [3.05, 3.63) is 47.2 Å². The maximum Gasteiger partial charge on any atom is 0.525 e. The molecular weight excluding hydrogens is 327 g/mol. The Hall–Kier alpha value is -2.06. The van der Waals surface area contributed by atoms with Gasteiger partial charge in [0.2, 0.25) is 0 Å². The highest BCUT2D eigenvalue weighted by atomic mass is 19.1. The van der Waals surface area contributed by atoms with E-state index in [2.05, 4.69) is 10.3 Å². The maximum atomic E-state index is 14.5. The van der Waals surface area contributed by atoms with Gasteiger partial charge in [-0.15, -0.1) is 5.10 Å². The van der Waals surface area contributed by atoms with E-state index in [4.69, 9.17) is 9.31 Å². The Morgan fingerprint density at radius 1 is 1.20 bits per heavy atom. The van der Waals surface area contributed by atoms with Crippen LogP contribution in [0.1, 0.15) is 39.0 Å². The Morgan fingerprint density at radius 3 is 2.48 bits per heavy atom. The first kappa shape index (κ1) is 17.8. The van der Waals surface area contributed by atoms with Crippen molar-refractivity contribution in [2.75, 3.05) is 0 Å². The highest BCUT2D eigenvalue weighted by molar-refractivity contribution is 6.54. The minimum atomic E-state index is -1.09. The summed E-state index contributed by atoms with van der Waals surface area (Å²) < 4.78 is 40.9. The maximum absolute atomic E-state index is 14.5. The van der Waals surface area contributed by atoms with E-state index in [0.29, 0.717) is 11.3 Å². The quantitative estimate of drug-likeness (QED) is 0.796. The lowest BCUT2D eigenvalue weighted by Crippen LogP contribution is -2.41.